The number of nitrogens with zero attached hydrogens (tertiary/aromatic N) is 1. The number of piperazine rings is 1. The van der Waals surface area contributed by atoms with Crippen LogP contribution < -0.4 is 5.32 Å². The van der Waals surface area contributed by atoms with E-state index in [1.807, 2.05) is 0 Å². The van der Waals surface area contributed by atoms with E-state index in [2.05, 4.69) is 24.1 Å². The van der Waals surface area contributed by atoms with Crippen molar-refractivity contribution in [3.8, 4) is 0 Å². The summed E-state index contributed by atoms with van der Waals surface area (Å²) in [4.78, 5) is 2.26. The molecule has 4 heteroatoms. The van der Waals surface area contributed by atoms with Crippen molar-refractivity contribution in [2.24, 2.45) is 0 Å². The first kappa shape index (κ1) is 12.8. The molecule has 0 aromatic heterocycles. The molecule has 1 N–H and O–H groups in total. The summed E-state index contributed by atoms with van der Waals surface area (Å²) in [5.74, 6) is -0.175. The van der Waals surface area contributed by atoms with Crippen molar-refractivity contribution in [3.63, 3.8) is 0 Å². The van der Waals surface area contributed by atoms with Gasteiger partial charge in [0.2, 0.25) is 0 Å². The molecule has 0 amide bonds. The normalized spacial score (nSPS) is 20.5. The van der Waals surface area contributed by atoms with Crippen molar-refractivity contribution in [1.29, 1.82) is 0 Å². The zero-order valence-electron chi connectivity index (χ0n) is 10.3. The number of benzene rings is 1. The Kier molecular flexibility index (Phi) is 3.71. The molecule has 2 nitrogen and oxygen atoms in total. The van der Waals surface area contributed by atoms with Gasteiger partial charge in [0.05, 0.1) is 0 Å². The number of hydrogen-bond donors (Lipinski definition) is 1. The zero-order chi connectivity index (χ0) is 12.5. The van der Waals surface area contributed by atoms with E-state index in [4.69, 9.17) is 11.6 Å². The van der Waals surface area contributed by atoms with Gasteiger partial charge in [-0.2, -0.15) is 0 Å². The first-order valence-electron chi connectivity index (χ1n) is 5.88. The third-order valence-electron chi connectivity index (χ3n) is 3.05. The van der Waals surface area contributed by atoms with Gasteiger partial charge in [0.1, 0.15) is 5.82 Å². The Morgan fingerprint density at radius 1 is 1.47 bits per heavy atom. The van der Waals surface area contributed by atoms with Crippen LogP contribution in [0.3, 0.4) is 0 Å². The molecule has 0 saturated carbocycles. The Labute approximate surface area is 107 Å². The van der Waals surface area contributed by atoms with Gasteiger partial charge in [-0.05, 0) is 32.0 Å². The molecule has 0 radical (unpaired) electrons. The van der Waals surface area contributed by atoms with Gasteiger partial charge in [0.15, 0.2) is 0 Å². The minimum atomic E-state index is -0.175. The Morgan fingerprint density at radius 3 is 2.94 bits per heavy atom. The smallest absolute Gasteiger partial charge is 0.127 e. The standard InChI is InChI=1S/C13H18ClFN2/c1-13(2)9-17(6-5-16-13)8-10-7-11(14)3-4-12(10)15/h3-4,7,16H,5-6,8-9H2,1-2H3. The molecule has 1 aliphatic rings. The molecular weight excluding hydrogens is 239 g/mol. The van der Waals surface area contributed by atoms with E-state index >= 15 is 0 Å². The van der Waals surface area contributed by atoms with Crippen LogP contribution in [0.1, 0.15) is 19.4 Å². The minimum absolute atomic E-state index is 0.0906. The Bertz CT molecular complexity index is 406. The van der Waals surface area contributed by atoms with Gasteiger partial charge >= 0.3 is 0 Å². The molecule has 1 fully saturated rings. The Morgan fingerprint density at radius 2 is 2.24 bits per heavy atom. The highest BCUT2D eigenvalue weighted by molar-refractivity contribution is 6.30. The number of halogens is 2. The van der Waals surface area contributed by atoms with Gasteiger partial charge in [0, 0.05) is 42.3 Å². The topological polar surface area (TPSA) is 15.3 Å². The molecule has 0 spiro atoms. The van der Waals surface area contributed by atoms with Gasteiger partial charge in [0.25, 0.3) is 0 Å². The molecule has 0 aliphatic carbocycles. The molecule has 1 heterocycles. The third kappa shape index (κ3) is 3.41. The van der Waals surface area contributed by atoms with Crippen molar-refractivity contribution in [1.82, 2.24) is 10.2 Å². The second-order valence-electron chi connectivity index (χ2n) is 5.26. The summed E-state index contributed by atoms with van der Waals surface area (Å²) in [6, 6.07) is 4.74. The van der Waals surface area contributed by atoms with Crippen LogP contribution in [0.25, 0.3) is 0 Å². The van der Waals surface area contributed by atoms with Crippen molar-refractivity contribution < 1.29 is 4.39 Å². The van der Waals surface area contributed by atoms with Gasteiger partial charge < -0.3 is 5.32 Å². The fourth-order valence-electron chi connectivity index (χ4n) is 2.29. The van der Waals surface area contributed by atoms with Crippen LogP contribution >= 0.6 is 11.6 Å². The van der Waals surface area contributed by atoms with Crippen LogP contribution in [-0.4, -0.2) is 30.1 Å². The lowest BCUT2D eigenvalue weighted by Gasteiger charge is -2.39. The summed E-state index contributed by atoms with van der Waals surface area (Å²) < 4.78 is 13.6. The lowest BCUT2D eigenvalue weighted by Crippen LogP contribution is -2.56. The van der Waals surface area contributed by atoms with Gasteiger partial charge in [-0.3, -0.25) is 4.90 Å². The average Bonchev–Trinajstić information content (AvgIpc) is 2.22. The number of nitrogens with one attached hydrogen (secondary N) is 1. The van der Waals surface area contributed by atoms with E-state index in [1.165, 1.54) is 6.07 Å². The SMILES string of the molecule is CC1(C)CN(Cc2cc(Cl)ccc2F)CCN1. The summed E-state index contributed by atoms with van der Waals surface area (Å²) in [7, 11) is 0. The van der Waals surface area contributed by atoms with Crippen LogP contribution in [0.2, 0.25) is 5.02 Å². The summed E-state index contributed by atoms with van der Waals surface area (Å²) in [6.45, 7) is 7.74. The predicted molar refractivity (Wildman–Crippen MR) is 68.8 cm³/mol. The minimum Gasteiger partial charge on any atom is -0.309 e. The maximum atomic E-state index is 13.6. The summed E-state index contributed by atoms with van der Waals surface area (Å²) in [6.07, 6.45) is 0. The second kappa shape index (κ2) is 4.92. The molecule has 1 aromatic rings. The summed E-state index contributed by atoms with van der Waals surface area (Å²) >= 11 is 5.89. The molecule has 1 aliphatic heterocycles. The van der Waals surface area contributed by atoms with Crippen molar-refractivity contribution in [2.75, 3.05) is 19.6 Å². The van der Waals surface area contributed by atoms with Crippen LogP contribution in [0, 0.1) is 5.82 Å². The summed E-state index contributed by atoms with van der Waals surface area (Å²) in [5.41, 5.74) is 0.767. The largest absolute Gasteiger partial charge is 0.309 e. The van der Waals surface area contributed by atoms with Gasteiger partial charge in [-0.15, -0.1) is 0 Å². The lowest BCUT2D eigenvalue weighted by atomic mass is 10.0. The van der Waals surface area contributed by atoms with Crippen LogP contribution in [0.15, 0.2) is 18.2 Å². The highest BCUT2D eigenvalue weighted by Gasteiger charge is 2.25. The molecule has 94 valence electrons. The molecule has 0 atom stereocenters. The van der Waals surface area contributed by atoms with Gasteiger partial charge in [-0.25, -0.2) is 4.39 Å². The van der Waals surface area contributed by atoms with E-state index in [0.29, 0.717) is 17.1 Å². The molecule has 2 rings (SSSR count). The fourth-order valence-corrected chi connectivity index (χ4v) is 2.48. The van der Waals surface area contributed by atoms with E-state index in [0.717, 1.165) is 19.6 Å². The third-order valence-corrected chi connectivity index (χ3v) is 3.29. The lowest BCUT2D eigenvalue weighted by molar-refractivity contribution is 0.147. The predicted octanol–water partition coefficient (Wildman–Crippen LogP) is 2.66. The van der Waals surface area contributed by atoms with Crippen LogP contribution in [0.4, 0.5) is 4.39 Å². The monoisotopic (exact) mass is 256 g/mol. The molecule has 1 saturated heterocycles. The molecule has 1 aromatic carbocycles. The van der Waals surface area contributed by atoms with E-state index < -0.39 is 0 Å². The van der Waals surface area contributed by atoms with E-state index in [-0.39, 0.29) is 11.4 Å². The second-order valence-corrected chi connectivity index (χ2v) is 5.69. The molecule has 17 heavy (non-hydrogen) atoms. The molecular formula is C13H18ClFN2. The van der Waals surface area contributed by atoms with Crippen molar-refractivity contribution in [2.45, 2.75) is 25.9 Å². The van der Waals surface area contributed by atoms with Gasteiger partial charge in [-0.1, -0.05) is 11.6 Å². The van der Waals surface area contributed by atoms with Crippen LogP contribution in [0.5, 0.6) is 0 Å². The Hall–Kier alpha value is -0.640. The molecule has 0 bridgehead atoms. The highest BCUT2D eigenvalue weighted by Crippen LogP contribution is 2.19. The first-order valence-corrected chi connectivity index (χ1v) is 6.25. The Balaban J connectivity index is 2.07. The van der Waals surface area contributed by atoms with Crippen molar-refractivity contribution in [3.05, 3.63) is 34.6 Å². The summed E-state index contributed by atoms with van der Waals surface area (Å²) in [5, 5.41) is 4.03. The van der Waals surface area contributed by atoms with Crippen LogP contribution in [-0.2, 0) is 6.54 Å². The first-order chi connectivity index (χ1) is 7.96. The number of hydrogen-bond acceptors (Lipinski definition) is 2. The maximum absolute atomic E-state index is 13.6. The maximum Gasteiger partial charge on any atom is 0.127 e. The number of rotatable bonds is 2. The quantitative estimate of drug-likeness (QED) is 0.875. The van der Waals surface area contributed by atoms with Crippen molar-refractivity contribution >= 4 is 11.6 Å². The molecule has 0 unspecified atom stereocenters. The zero-order valence-corrected chi connectivity index (χ0v) is 11.0. The average molecular weight is 257 g/mol. The fraction of sp³-hybridized carbons (Fsp3) is 0.538. The highest BCUT2D eigenvalue weighted by atomic mass is 35.5. The van der Waals surface area contributed by atoms with E-state index in [9.17, 15) is 4.39 Å². The van der Waals surface area contributed by atoms with E-state index in [1.54, 1.807) is 12.1 Å².